The number of aliphatic imine (C=N–C) groups is 1. The predicted octanol–water partition coefficient (Wildman–Crippen LogP) is -1.20. The van der Waals surface area contributed by atoms with Crippen LogP contribution in [0.2, 0.25) is 0 Å². The van der Waals surface area contributed by atoms with Gasteiger partial charge in [-0.15, -0.1) is 0 Å². The van der Waals surface area contributed by atoms with Crippen LogP contribution in [0.15, 0.2) is 11.3 Å². The van der Waals surface area contributed by atoms with Crippen molar-refractivity contribution in [1.82, 2.24) is 25.5 Å². The molecule has 1 rings (SSSR count). The standard InChI is InChI=1S/C10H21N7O/c1-17-8-14-9(16-17)4-6-13-10(15-11)12-5-3-7-18-2/h8H,3-7,11H2,1-2H3,(H2,12,13,15). The summed E-state index contributed by atoms with van der Waals surface area (Å²) >= 11 is 0. The zero-order chi connectivity index (χ0) is 13.2. The molecule has 0 aromatic carbocycles. The normalized spacial score (nSPS) is 11.6. The third kappa shape index (κ3) is 5.60. The average Bonchev–Trinajstić information content (AvgIpc) is 2.78. The number of guanidine groups is 1. The Morgan fingerprint density at radius 3 is 3.06 bits per heavy atom. The van der Waals surface area contributed by atoms with Crippen LogP contribution < -0.4 is 16.6 Å². The number of hydrogen-bond acceptors (Lipinski definition) is 5. The van der Waals surface area contributed by atoms with Gasteiger partial charge in [-0.25, -0.2) is 10.8 Å². The van der Waals surface area contributed by atoms with Crippen molar-refractivity contribution in [3.05, 3.63) is 12.2 Å². The van der Waals surface area contributed by atoms with Gasteiger partial charge in [-0.05, 0) is 6.42 Å². The van der Waals surface area contributed by atoms with Gasteiger partial charge in [0.05, 0.1) is 0 Å². The van der Waals surface area contributed by atoms with Crippen molar-refractivity contribution < 1.29 is 4.74 Å². The van der Waals surface area contributed by atoms with Gasteiger partial charge in [0.1, 0.15) is 6.33 Å². The Bertz CT molecular complexity index is 363. The van der Waals surface area contributed by atoms with E-state index in [1.807, 2.05) is 7.05 Å². The third-order valence-corrected chi connectivity index (χ3v) is 2.20. The zero-order valence-electron chi connectivity index (χ0n) is 10.9. The molecule has 0 spiro atoms. The molecule has 0 aliphatic heterocycles. The number of nitrogens with two attached hydrogens (primary N) is 1. The number of nitrogens with one attached hydrogen (secondary N) is 2. The van der Waals surface area contributed by atoms with Gasteiger partial charge in [0.2, 0.25) is 5.96 Å². The molecule has 8 nitrogen and oxygen atoms in total. The van der Waals surface area contributed by atoms with E-state index >= 15 is 0 Å². The molecule has 0 bridgehead atoms. The summed E-state index contributed by atoms with van der Waals surface area (Å²) in [6.45, 7) is 2.04. The summed E-state index contributed by atoms with van der Waals surface area (Å²) < 4.78 is 6.62. The smallest absolute Gasteiger partial charge is 0.205 e. The fourth-order valence-corrected chi connectivity index (χ4v) is 1.34. The van der Waals surface area contributed by atoms with Crippen LogP contribution in [-0.4, -0.2) is 47.5 Å². The summed E-state index contributed by atoms with van der Waals surface area (Å²) in [7, 11) is 3.51. The van der Waals surface area contributed by atoms with E-state index in [2.05, 4.69) is 25.8 Å². The molecule has 0 fully saturated rings. The number of methoxy groups -OCH3 is 1. The number of hydrogen-bond donors (Lipinski definition) is 3. The summed E-state index contributed by atoms with van der Waals surface area (Å²) in [4.78, 5) is 8.39. The van der Waals surface area contributed by atoms with Crippen molar-refractivity contribution in [2.45, 2.75) is 12.8 Å². The van der Waals surface area contributed by atoms with Crippen molar-refractivity contribution in [3.8, 4) is 0 Å². The molecule has 0 aliphatic rings. The molecule has 102 valence electrons. The molecule has 1 heterocycles. The molecule has 8 heteroatoms. The first-order valence-electron chi connectivity index (χ1n) is 5.84. The molecular formula is C10H21N7O. The molecule has 4 N–H and O–H groups in total. The Kier molecular flexibility index (Phi) is 6.74. The highest BCUT2D eigenvalue weighted by Crippen LogP contribution is 1.88. The van der Waals surface area contributed by atoms with Gasteiger partial charge in [-0.3, -0.25) is 15.1 Å². The van der Waals surface area contributed by atoms with E-state index in [1.165, 1.54) is 0 Å². The lowest BCUT2D eigenvalue weighted by atomic mass is 10.4. The number of hydrazine groups is 1. The second kappa shape index (κ2) is 8.43. The minimum Gasteiger partial charge on any atom is -0.385 e. The largest absolute Gasteiger partial charge is 0.385 e. The Labute approximate surface area is 107 Å². The van der Waals surface area contributed by atoms with Gasteiger partial charge in [0.15, 0.2) is 5.82 Å². The van der Waals surface area contributed by atoms with Crippen LogP contribution in [0.1, 0.15) is 12.2 Å². The number of aryl methyl sites for hydroxylation is 1. The van der Waals surface area contributed by atoms with Crippen LogP contribution in [0.4, 0.5) is 0 Å². The topological polar surface area (TPSA) is 102 Å². The van der Waals surface area contributed by atoms with Crippen LogP contribution in [0.5, 0.6) is 0 Å². The summed E-state index contributed by atoms with van der Waals surface area (Å²) in [5, 5.41) is 7.27. The van der Waals surface area contributed by atoms with Gasteiger partial charge < -0.3 is 10.1 Å². The van der Waals surface area contributed by atoms with Crippen LogP contribution in [0.25, 0.3) is 0 Å². The monoisotopic (exact) mass is 255 g/mol. The van der Waals surface area contributed by atoms with Crippen LogP contribution in [0, 0.1) is 0 Å². The minimum absolute atomic E-state index is 0.571. The van der Waals surface area contributed by atoms with E-state index in [9.17, 15) is 0 Å². The molecule has 0 atom stereocenters. The zero-order valence-corrected chi connectivity index (χ0v) is 10.9. The first kappa shape index (κ1) is 14.4. The van der Waals surface area contributed by atoms with E-state index in [1.54, 1.807) is 18.1 Å². The minimum atomic E-state index is 0.571. The number of nitrogens with zero attached hydrogens (tertiary/aromatic N) is 4. The van der Waals surface area contributed by atoms with Crippen molar-refractivity contribution in [3.63, 3.8) is 0 Å². The quantitative estimate of drug-likeness (QED) is 0.186. The summed E-state index contributed by atoms with van der Waals surface area (Å²) in [6, 6.07) is 0. The first-order valence-corrected chi connectivity index (χ1v) is 5.84. The summed E-state index contributed by atoms with van der Waals surface area (Å²) in [6.07, 6.45) is 3.26. The van der Waals surface area contributed by atoms with E-state index in [0.29, 0.717) is 25.7 Å². The second-order valence-electron chi connectivity index (χ2n) is 3.73. The predicted molar refractivity (Wildman–Crippen MR) is 68.8 cm³/mol. The molecule has 0 unspecified atom stereocenters. The molecule has 1 aromatic rings. The Morgan fingerprint density at radius 1 is 1.61 bits per heavy atom. The number of rotatable bonds is 7. The van der Waals surface area contributed by atoms with Gasteiger partial charge in [-0.2, -0.15) is 5.10 Å². The van der Waals surface area contributed by atoms with E-state index in [0.717, 1.165) is 18.7 Å². The fraction of sp³-hybridized carbons (Fsp3) is 0.700. The van der Waals surface area contributed by atoms with Crippen molar-refractivity contribution in [2.24, 2.45) is 17.9 Å². The lowest BCUT2D eigenvalue weighted by Crippen LogP contribution is -2.42. The van der Waals surface area contributed by atoms with Crippen molar-refractivity contribution in [2.75, 3.05) is 26.8 Å². The fourth-order valence-electron chi connectivity index (χ4n) is 1.34. The van der Waals surface area contributed by atoms with E-state index < -0.39 is 0 Å². The maximum Gasteiger partial charge on any atom is 0.205 e. The molecule has 0 radical (unpaired) electrons. The Hall–Kier alpha value is -1.67. The van der Waals surface area contributed by atoms with Crippen molar-refractivity contribution in [1.29, 1.82) is 0 Å². The second-order valence-corrected chi connectivity index (χ2v) is 3.73. The Morgan fingerprint density at radius 2 is 2.44 bits per heavy atom. The molecule has 18 heavy (non-hydrogen) atoms. The first-order chi connectivity index (χ1) is 8.76. The summed E-state index contributed by atoms with van der Waals surface area (Å²) in [5.41, 5.74) is 2.52. The summed E-state index contributed by atoms with van der Waals surface area (Å²) in [5.74, 6) is 6.72. The van der Waals surface area contributed by atoms with Crippen LogP contribution in [0.3, 0.4) is 0 Å². The van der Waals surface area contributed by atoms with E-state index in [-0.39, 0.29) is 0 Å². The molecule has 0 saturated carbocycles. The highest BCUT2D eigenvalue weighted by molar-refractivity contribution is 5.79. The van der Waals surface area contributed by atoms with Gasteiger partial charge in [0, 0.05) is 40.3 Å². The Balaban J connectivity index is 2.22. The SMILES string of the molecule is COCCCN=C(NN)NCCc1ncn(C)n1. The maximum absolute atomic E-state index is 5.36. The number of aromatic nitrogens is 3. The van der Waals surface area contributed by atoms with Crippen LogP contribution in [-0.2, 0) is 18.2 Å². The number of ether oxygens (including phenoxy) is 1. The lowest BCUT2D eigenvalue weighted by molar-refractivity contribution is 0.197. The third-order valence-electron chi connectivity index (χ3n) is 2.20. The molecule has 0 amide bonds. The maximum atomic E-state index is 5.36. The van der Waals surface area contributed by atoms with Gasteiger partial charge in [0.25, 0.3) is 0 Å². The van der Waals surface area contributed by atoms with Gasteiger partial charge >= 0.3 is 0 Å². The molecule has 0 aliphatic carbocycles. The van der Waals surface area contributed by atoms with Gasteiger partial charge in [-0.1, -0.05) is 0 Å². The van der Waals surface area contributed by atoms with Crippen LogP contribution >= 0.6 is 0 Å². The highest BCUT2D eigenvalue weighted by atomic mass is 16.5. The molecular weight excluding hydrogens is 234 g/mol. The molecule has 0 saturated heterocycles. The van der Waals surface area contributed by atoms with E-state index in [4.69, 9.17) is 10.6 Å². The lowest BCUT2D eigenvalue weighted by Gasteiger charge is -2.07. The average molecular weight is 255 g/mol. The highest BCUT2D eigenvalue weighted by Gasteiger charge is 2.00. The van der Waals surface area contributed by atoms with Crippen molar-refractivity contribution >= 4 is 5.96 Å². The molecule has 1 aromatic heterocycles.